The Morgan fingerprint density at radius 1 is 1.09 bits per heavy atom. The van der Waals surface area contributed by atoms with E-state index in [0.717, 1.165) is 28.2 Å². The van der Waals surface area contributed by atoms with Gasteiger partial charge in [-0.05, 0) is 67.1 Å². The van der Waals surface area contributed by atoms with Crippen molar-refractivity contribution in [1.82, 2.24) is 14.9 Å². The van der Waals surface area contributed by atoms with Gasteiger partial charge in [-0.2, -0.15) is 0 Å². The molecule has 0 saturated carbocycles. The van der Waals surface area contributed by atoms with Gasteiger partial charge in [-0.15, -0.1) is 11.8 Å². The zero-order valence-corrected chi connectivity index (χ0v) is 20.0. The van der Waals surface area contributed by atoms with E-state index < -0.39 is 0 Å². The van der Waals surface area contributed by atoms with Gasteiger partial charge in [-0.1, -0.05) is 37.3 Å². The Labute approximate surface area is 198 Å². The Balaban J connectivity index is 1.54. The first-order chi connectivity index (χ1) is 16.0. The summed E-state index contributed by atoms with van der Waals surface area (Å²) in [6.45, 7) is 6.75. The maximum Gasteiger partial charge on any atom is 0.251 e. The van der Waals surface area contributed by atoms with Crippen molar-refractivity contribution in [2.24, 2.45) is 0 Å². The van der Waals surface area contributed by atoms with Crippen LogP contribution in [-0.4, -0.2) is 21.2 Å². The highest BCUT2D eigenvalue weighted by atomic mass is 32.2. The zero-order valence-electron chi connectivity index (χ0n) is 19.1. The van der Waals surface area contributed by atoms with Gasteiger partial charge >= 0.3 is 0 Å². The van der Waals surface area contributed by atoms with E-state index in [2.05, 4.69) is 42.8 Å². The molecule has 3 aromatic carbocycles. The molecular formula is C27H28FN3OS. The molecule has 170 valence electrons. The molecule has 0 aliphatic heterocycles. The number of thioether (sulfide) groups is 1. The fourth-order valence-corrected chi connectivity index (χ4v) is 4.62. The molecular weight excluding hydrogens is 433 g/mol. The van der Waals surface area contributed by atoms with Crippen LogP contribution in [0.5, 0.6) is 0 Å². The first kappa shape index (κ1) is 23.1. The van der Waals surface area contributed by atoms with Crippen LogP contribution in [0.3, 0.4) is 0 Å². The Bertz CT molecular complexity index is 1260. The molecule has 1 N–H and O–H groups in total. The SMILES string of the molecule is CCSc1ccc(CNC(=O)c2ccc3c(c2)nc(Cc2ccccc2F)n3C(C)C)cc1. The smallest absolute Gasteiger partial charge is 0.251 e. The van der Waals surface area contributed by atoms with E-state index in [-0.39, 0.29) is 17.8 Å². The lowest BCUT2D eigenvalue weighted by Crippen LogP contribution is -2.22. The Hall–Kier alpha value is -3.12. The van der Waals surface area contributed by atoms with E-state index in [0.29, 0.717) is 24.1 Å². The van der Waals surface area contributed by atoms with Crippen LogP contribution in [-0.2, 0) is 13.0 Å². The fourth-order valence-electron chi connectivity index (χ4n) is 3.96. The van der Waals surface area contributed by atoms with Gasteiger partial charge in [0.2, 0.25) is 0 Å². The number of halogens is 1. The number of nitrogens with zero attached hydrogens (tertiary/aromatic N) is 2. The van der Waals surface area contributed by atoms with Crippen LogP contribution < -0.4 is 5.32 Å². The van der Waals surface area contributed by atoms with Crippen molar-refractivity contribution >= 4 is 28.7 Å². The second-order valence-corrected chi connectivity index (χ2v) is 9.56. The van der Waals surface area contributed by atoms with E-state index in [1.165, 1.54) is 11.0 Å². The summed E-state index contributed by atoms with van der Waals surface area (Å²) in [6, 6.07) is 20.7. The van der Waals surface area contributed by atoms with Crippen molar-refractivity contribution in [2.45, 2.75) is 44.7 Å². The molecule has 4 nitrogen and oxygen atoms in total. The van der Waals surface area contributed by atoms with Crippen molar-refractivity contribution < 1.29 is 9.18 Å². The maximum atomic E-state index is 14.2. The van der Waals surface area contributed by atoms with Gasteiger partial charge in [0.25, 0.3) is 5.91 Å². The molecule has 33 heavy (non-hydrogen) atoms. The predicted octanol–water partition coefficient (Wildman–Crippen LogP) is 6.39. The molecule has 1 aromatic heterocycles. The summed E-state index contributed by atoms with van der Waals surface area (Å²) in [6.07, 6.45) is 0.396. The monoisotopic (exact) mass is 461 g/mol. The van der Waals surface area contributed by atoms with Crippen LogP contribution in [0.25, 0.3) is 11.0 Å². The minimum Gasteiger partial charge on any atom is -0.348 e. The zero-order chi connectivity index (χ0) is 23.4. The van der Waals surface area contributed by atoms with Crippen LogP contribution in [0.15, 0.2) is 71.6 Å². The van der Waals surface area contributed by atoms with Crippen molar-refractivity contribution in [3.8, 4) is 0 Å². The maximum absolute atomic E-state index is 14.2. The lowest BCUT2D eigenvalue weighted by molar-refractivity contribution is 0.0951. The highest BCUT2D eigenvalue weighted by molar-refractivity contribution is 7.99. The van der Waals surface area contributed by atoms with Gasteiger partial charge in [0.15, 0.2) is 0 Å². The fraction of sp³-hybridized carbons (Fsp3) is 0.259. The summed E-state index contributed by atoms with van der Waals surface area (Å²) in [5, 5.41) is 2.99. The topological polar surface area (TPSA) is 46.9 Å². The highest BCUT2D eigenvalue weighted by Gasteiger charge is 2.17. The summed E-state index contributed by atoms with van der Waals surface area (Å²) in [4.78, 5) is 18.8. The predicted molar refractivity (Wildman–Crippen MR) is 133 cm³/mol. The summed E-state index contributed by atoms with van der Waals surface area (Å²) < 4.78 is 16.3. The van der Waals surface area contributed by atoms with Gasteiger partial charge < -0.3 is 9.88 Å². The summed E-state index contributed by atoms with van der Waals surface area (Å²) in [5.74, 6) is 1.44. The lowest BCUT2D eigenvalue weighted by Gasteiger charge is -2.13. The van der Waals surface area contributed by atoms with E-state index in [1.807, 2.05) is 36.4 Å². The van der Waals surface area contributed by atoms with Crippen LogP contribution >= 0.6 is 11.8 Å². The van der Waals surface area contributed by atoms with Crippen molar-refractivity contribution in [1.29, 1.82) is 0 Å². The number of amides is 1. The highest BCUT2D eigenvalue weighted by Crippen LogP contribution is 2.25. The van der Waals surface area contributed by atoms with Crippen LogP contribution in [0, 0.1) is 5.82 Å². The molecule has 0 fully saturated rings. The van der Waals surface area contributed by atoms with Crippen molar-refractivity contribution in [2.75, 3.05) is 5.75 Å². The number of nitrogens with one attached hydrogen (secondary N) is 1. The van der Waals surface area contributed by atoms with Crippen LogP contribution in [0.2, 0.25) is 0 Å². The van der Waals surface area contributed by atoms with Crippen molar-refractivity contribution in [3.63, 3.8) is 0 Å². The quantitative estimate of drug-likeness (QED) is 0.309. The lowest BCUT2D eigenvalue weighted by atomic mass is 10.1. The summed E-state index contributed by atoms with van der Waals surface area (Å²) in [7, 11) is 0. The van der Waals surface area contributed by atoms with Gasteiger partial charge in [-0.3, -0.25) is 4.79 Å². The minimum atomic E-state index is -0.235. The molecule has 0 radical (unpaired) electrons. The summed E-state index contributed by atoms with van der Waals surface area (Å²) in [5.41, 5.74) is 3.91. The van der Waals surface area contributed by atoms with Gasteiger partial charge in [0.05, 0.1) is 11.0 Å². The normalized spacial score (nSPS) is 11.3. The number of hydrogen-bond donors (Lipinski definition) is 1. The number of benzene rings is 3. The third-order valence-electron chi connectivity index (χ3n) is 5.53. The number of aromatic nitrogens is 2. The van der Waals surface area contributed by atoms with Gasteiger partial charge in [0.1, 0.15) is 11.6 Å². The first-order valence-corrected chi connectivity index (χ1v) is 12.2. The molecule has 6 heteroatoms. The first-order valence-electron chi connectivity index (χ1n) is 11.2. The molecule has 0 aliphatic carbocycles. The number of carbonyl (C=O) groups excluding carboxylic acids is 1. The summed E-state index contributed by atoms with van der Waals surface area (Å²) >= 11 is 1.80. The third kappa shape index (κ3) is 5.28. The van der Waals surface area contributed by atoms with Crippen LogP contribution in [0.1, 0.15) is 54.1 Å². The average molecular weight is 462 g/mol. The molecule has 4 aromatic rings. The molecule has 1 amide bonds. The Morgan fingerprint density at radius 2 is 1.85 bits per heavy atom. The standard InChI is InChI=1S/C27H28FN3OS/c1-4-33-22-12-9-19(10-13-22)17-29-27(32)21-11-14-25-24(15-21)30-26(31(25)18(2)3)16-20-7-5-6-8-23(20)28/h5-15,18H,4,16-17H2,1-3H3,(H,29,32). The number of rotatable bonds is 8. The Morgan fingerprint density at radius 3 is 2.55 bits per heavy atom. The minimum absolute atomic E-state index is 0.140. The molecule has 0 spiro atoms. The number of imidazole rings is 1. The molecule has 0 bridgehead atoms. The van der Waals surface area contributed by atoms with Gasteiger partial charge in [-0.25, -0.2) is 9.37 Å². The van der Waals surface area contributed by atoms with E-state index in [9.17, 15) is 9.18 Å². The molecule has 1 heterocycles. The number of fused-ring (bicyclic) bond motifs is 1. The molecule has 0 aliphatic rings. The largest absolute Gasteiger partial charge is 0.348 e. The van der Waals surface area contributed by atoms with Crippen LogP contribution in [0.4, 0.5) is 4.39 Å². The van der Waals surface area contributed by atoms with Crippen molar-refractivity contribution in [3.05, 3.63) is 95.1 Å². The second kappa shape index (κ2) is 10.2. The Kier molecular flexibility index (Phi) is 7.14. The van der Waals surface area contributed by atoms with Gasteiger partial charge in [0, 0.05) is 29.5 Å². The average Bonchev–Trinajstić information content (AvgIpc) is 3.17. The third-order valence-corrected chi connectivity index (χ3v) is 6.43. The molecule has 4 rings (SSSR count). The number of hydrogen-bond acceptors (Lipinski definition) is 3. The molecule has 0 saturated heterocycles. The van der Waals surface area contributed by atoms with E-state index in [4.69, 9.17) is 4.98 Å². The number of carbonyl (C=O) groups is 1. The molecule has 0 atom stereocenters. The second-order valence-electron chi connectivity index (χ2n) is 8.22. The van der Waals surface area contributed by atoms with E-state index >= 15 is 0 Å². The molecule has 0 unspecified atom stereocenters. The van der Waals surface area contributed by atoms with E-state index in [1.54, 1.807) is 23.9 Å².